The first-order valence-electron chi connectivity index (χ1n) is 3.92. The quantitative estimate of drug-likeness (QED) is 0.820. The van der Waals surface area contributed by atoms with Gasteiger partial charge in [0.1, 0.15) is 5.82 Å². The molecule has 0 fully saturated rings. The molecule has 0 atom stereocenters. The Morgan fingerprint density at radius 3 is 2.50 bits per heavy atom. The van der Waals surface area contributed by atoms with Gasteiger partial charge in [-0.25, -0.2) is 4.39 Å². The molecular formula is C9H9ClF3N. The number of aryl methyl sites for hydroxylation is 1. The molecule has 0 bridgehead atoms. The first-order chi connectivity index (χ1) is 6.38. The molecule has 5 heteroatoms. The molecule has 0 amide bonds. The molecule has 0 unspecified atom stereocenters. The molecule has 78 valence electrons. The van der Waals surface area contributed by atoms with Crippen LogP contribution in [0.3, 0.4) is 0 Å². The van der Waals surface area contributed by atoms with Crippen LogP contribution in [0.2, 0.25) is 5.02 Å². The average molecular weight is 224 g/mol. The first-order valence-corrected chi connectivity index (χ1v) is 4.30. The Hall–Kier alpha value is -0.740. The van der Waals surface area contributed by atoms with Gasteiger partial charge in [-0.05, 0) is 24.6 Å². The van der Waals surface area contributed by atoms with Gasteiger partial charge < -0.3 is 5.73 Å². The second-order valence-electron chi connectivity index (χ2n) is 2.99. The number of halogens is 4. The summed E-state index contributed by atoms with van der Waals surface area (Å²) in [5, 5.41) is -0.167. The molecule has 1 nitrogen and oxygen atoms in total. The molecule has 0 heterocycles. The number of nitrogens with two attached hydrogens (primary N) is 1. The third-order valence-corrected chi connectivity index (χ3v) is 2.21. The standard InChI is InChI=1S/C9H9ClF3N/c1-5-2-7(10)6(3-8(5)11)9(12,13)4-14/h2-3H,4,14H2,1H3. The van der Waals surface area contributed by atoms with Crippen molar-refractivity contribution in [1.82, 2.24) is 0 Å². The van der Waals surface area contributed by atoms with Crippen LogP contribution in [-0.2, 0) is 5.92 Å². The second kappa shape index (κ2) is 3.79. The minimum absolute atomic E-state index is 0.167. The fourth-order valence-corrected chi connectivity index (χ4v) is 1.39. The number of alkyl halides is 2. The van der Waals surface area contributed by atoms with E-state index in [9.17, 15) is 13.2 Å². The molecule has 0 saturated heterocycles. The zero-order valence-corrected chi connectivity index (χ0v) is 8.21. The second-order valence-corrected chi connectivity index (χ2v) is 3.40. The SMILES string of the molecule is Cc1cc(Cl)c(C(F)(F)CN)cc1F. The van der Waals surface area contributed by atoms with Crippen LogP contribution in [0.4, 0.5) is 13.2 Å². The van der Waals surface area contributed by atoms with E-state index in [0.717, 1.165) is 12.1 Å². The van der Waals surface area contributed by atoms with Gasteiger partial charge in [-0.15, -0.1) is 0 Å². The third-order valence-electron chi connectivity index (χ3n) is 1.90. The van der Waals surface area contributed by atoms with E-state index in [1.54, 1.807) is 0 Å². The summed E-state index contributed by atoms with van der Waals surface area (Å²) in [5.74, 6) is -4.00. The molecule has 0 aliphatic rings. The van der Waals surface area contributed by atoms with Crippen LogP contribution in [0.1, 0.15) is 11.1 Å². The molecule has 0 aliphatic heterocycles. The van der Waals surface area contributed by atoms with Gasteiger partial charge in [0.15, 0.2) is 0 Å². The highest BCUT2D eigenvalue weighted by molar-refractivity contribution is 6.31. The predicted octanol–water partition coefficient (Wildman–Crippen LogP) is 2.84. The lowest BCUT2D eigenvalue weighted by Gasteiger charge is -2.16. The Balaban J connectivity index is 3.29. The highest BCUT2D eigenvalue weighted by atomic mass is 35.5. The zero-order chi connectivity index (χ0) is 10.9. The van der Waals surface area contributed by atoms with Crippen LogP contribution in [0.15, 0.2) is 12.1 Å². The summed E-state index contributed by atoms with van der Waals surface area (Å²) < 4.78 is 39.2. The van der Waals surface area contributed by atoms with E-state index in [1.165, 1.54) is 6.92 Å². The van der Waals surface area contributed by atoms with Crippen LogP contribution >= 0.6 is 11.6 Å². The largest absolute Gasteiger partial charge is 0.325 e. The molecule has 0 spiro atoms. The average Bonchev–Trinajstić information content (AvgIpc) is 2.11. The number of hydrogen-bond acceptors (Lipinski definition) is 1. The Morgan fingerprint density at radius 2 is 2.00 bits per heavy atom. The summed E-state index contributed by atoms with van der Waals surface area (Å²) in [7, 11) is 0. The minimum Gasteiger partial charge on any atom is -0.325 e. The van der Waals surface area contributed by atoms with Crippen LogP contribution in [-0.4, -0.2) is 6.54 Å². The molecule has 1 aromatic rings. The smallest absolute Gasteiger partial charge is 0.286 e. The van der Waals surface area contributed by atoms with Gasteiger partial charge in [-0.1, -0.05) is 11.6 Å². The summed E-state index contributed by atoms with van der Waals surface area (Å²) in [4.78, 5) is 0. The van der Waals surface area contributed by atoms with Crippen molar-refractivity contribution in [2.45, 2.75) is 12.8 Å². The number of rotatable bonds is 2. The molecule has 0 saturated carbocycles. The molecule has 2 N–H and O–H groups in total. The first kappa shape index (κ1) is 11.3. The van der Waals surface area contributed by atoms with E-state index in [4.69, 9.17) is 17.3 Å². The van der Waals surface area contributed by atoms with Gasteiger partial charge in [-0.2, -0.15) is 8.78 Å². The van der Waals surface area contributed by atoms with Crippen LogP contribution in [0.25, 0.3) is 0 Å². The van der Waals surface area contributed by atoms with Crippen LogP contribution in [0, 0.1) is 12.7 Å². The summed E-state index contributed by atoms with van der Waals surface area (Å²) in [5.41, 5.74) is 4.53. The fourth-order valence-electron chi connectivity index (χ4n) is 1.04. The van der Waals surface area contributed by atoms with Crippen molar-refractivity contribution in [3.8, 4) is 0 Å². The topological polar surface area (TPSA) is 26.0 Å². The molecule has 0 aliphatic carbocycles. The fraction of sp³-hybridized carbons (Fsp3) is 0.333. The maximum Gasteiger partial charge on any atom is 0.286 e. The van der Waals surface area contributed by atoms with Crippen LogP contribution < -0.4 is 5.73 Å². The maximum atomic E-state index is 13.1. The van der Waals surface area contributed by atoms with E-state index >= 15 is 0 Å². The van der Waals surface area contributed by atoms with Crippen molar-refractivity contribution in [1.29, 1.82) is 0 Å². The zero-order valence-electron chi connectivity index (χ0n) is 7.45. The highest BCUT2D eigenvalue weighted by Gasteiger charge is 2.32. The molecule has 1 aromatic carbocycles. The van der Waals surface area contributed by atoms with Crippen molar-refractivity contribution < 1.29 is 13.2 Å². The van der Waals surface area contributed by atoms with E-state index in [0.29, 0.717) is 0 Å². The molecule has 0 aromatic heterocycles. The van der Waals surface area contributed by atoms with E-state index < -0.39 is 23.8 Å². The van der Waals surface area contributed by atoms with Crippen molar-refractivity contribution in [3.05, 3.63) is 34.1 Å². The Morgan fingerprint density at radius 1 is 1.43 bits per heavy atom. The van der Waals surface area contributed by atoms with Crippen molar-refractivity contribution in [2.24, 2.45) is 5.73 Å². The van der Waals surface area contributed by atoms with Gasteiger partial charge in [0.25, 0.3) is 5.92 Å². The molecular weight excluding hydrogens is 215 g/mol. The maximum absolute atomic E-state index is 13.1. The summed E-state index contributed by atoms with van der Waals surface area (Å²) in [6, 6.07) is 1.89. The Kier molecular flexibility index (Phi) is 3.07. The van der Waals surface area contributed by atoms with E-state index in [1.807, 2.05) is 0 Å². The normalized spacial score (nSPS) is 11.9. The van der Waals surface area contributed by atoms with E-state index in [-0.39, 0.29) is 10.6 Å². The van der Waals surface area contributed by atoms with Gasteiger partial charge >= 0.3 is 0 Å². The van der Waals surface area contributed by atoms with Crippen molar-refractivity contribution in [2.75, 3.05) is 6.54 Å². The monoisotopic (exact) mass is 223 g/mol. The number of benzene rings is 1. The van der Waals surface area contributed by atoms with Gasteiger partial charge in [0, 0.05) is 5.56 Å². The third kappa shape index (κ3) is 2.01. The van der Waals surface area contributed by atoms with Gasteiger partial charge in [0.05, 0.1) is 11.6 Å². The molecule has 14 heavy (non-hydrogen) atoms. The summed E-state index contributed by atoms with van der Waals surface area (Å²) >= 11 is 5.56. The van der Waals surface area contributed by atoms with Crippen molar-refractivity contribution in [3.63, 3.8) is 0 Å². The van der Waals surface area contributed by atoms with Gasteiger partial charge in [0.2, 0.25) is 0 Å². The van der Waals surface area contributed by atoms with Gasteiger partial charge in [-0.3, -0.25) is 0 Å². The lowest BCUT2D eigenvalue weighted by Crippen LogP contribution is -2.25. The van der Waals surface area contributed by atoms with Crippen LogP contribution in [0.5, 0.6) is 0 Å². The predicted molar refractivity (Wildman–Crippen MR) is 49.1 cm³/mol. The minimum atomic E-state index is -3.29. The molecule has 0 radical (unpaired) electrons. The Labute approximate surface area is 84.7 Å². The summed E-state index contributed by atoms with van der Waals surface area (Å²) in [6.45, 7) is 0.556. The van der Waals surface area contributed by atoms with Crippen molar-refractivity contribution >= 4 is 11.6 Å². The van der Waals surface area contributed by atoms with E-state index in [2.05, 4.69) is 0 Å². The highest BCUT2D eigenvalue weighted by Crippen LogP contribution is 2.33. The number of hydrogen-bond donors (Lipinski definition) is 1. The Bertz CT molecular complexity index is 352. The molecule has 1 rings (SSSR count). The summed E-state index contributed by atoms with van der Waals surface area (Å²) in [6.07, 6.45) is 0. The lowest BCUT2D eigenvalue weighted by molar-refractivity contribution is 0.00575. The lowest BCUT2D eigenvalue weighted by atomic mass is 10.1.